The van der Waals surface area contributed by atoms with Crippen molar-refractivity contribution in [2.75, 3.05) is 18.5 Å². The summed E-state index contributed by atoms with van der Waals surface area (Å²) in [5, 5.41) is 12.2. The molecule has 3 N–H and O–H groups in total. The van der Waals surface area contributed by atoms with Crippen LogP contribution in [-0.4, -0.2) is 24.5 Å². The smallest absolute Gasteiger partial charge is 0.203 e. The van der Waals surface area contributed by atoms with Gasteiger partial charge in [-0.2, -0.15) is 0 Å². The number of rotatable bonds is 15. The number of ether oxygens (including phenoxy) is 1. The van der Waals surface area contributed by atoms with Gasteiger partial charge >= 0.3 is 0 Å². The maximum absolute atomic E-state index is 8.78. The van der Waals surface area contributed by atoms with E-state index in [2.05, 4.69) is 59.0 Å². The van der Waals surface area contributed by atoms with E-state index >= 15 is 0 Å². The van der Waals surface area contributed by atoms with E-state index in [1.807, 2.05) is 36.5 Å². The summed E-state index contributed by atoms with van der Waals surface area (Å²) in [7, 11) is 0. The molecule has 0 saturated carbocycles. The molecule has 2 aromatic carbocycles. The molecular formula is C30H39N2O2+. The molecule has 0 saturated heterocycles. The van der Waals surface area contributed by atoms with Gasteiger partial charge in [0.05, 0.1) is 6.61 Å². The van der Waals surface area contributed by atoms with Crippen LogP contribution in [0.15, 0.2) is 90.2 Å². The standard InChI is InChI=1S/C30H38N2O2/c33-22-10-5-3-1-2-4-6-11-23-34-30-20-18-29(19-21-30)32-25-27-16-14-26(15-17-27)24-31-28-12-8-7-9-13-28/h7-9,12-16,18-21,24-25,32-33H,1-6,10-11,17,22-23H2/p+1. The minimum absolute atomic E-state index is 0.328. The Morgan fingerprint density at radius 3 is 2.21 bits per heavy atom. The largest absolute Gasteiger partial charge is 0.494 e. The molecule has 180 valence electrons. The van der Waals surface area contributed by atoms with E-state index in [4.69, 9.17) is 9.84 Å². The van der Waals surface area contributed by atoms with Crippen molar-refractivity contribution in [1.82, 2.24) is 0 Å². The third-order valence-electron chi connectivity index (χ3n) is 5.84. The minimum Gasteiger partial charge on any atom is -0.494 e. The van der Waals surface area contributed by atoms with Crippen LogP contribution in [-0.2, 0) is 0 Å². The molecule has 2 aromatic rings. The van der Waals surface area contributed by atoms with E-state index in [-0.39, 0.29) is 0 Å². The fourth-order valence-electron chi connectivity index (χ4n) is 3.78. The first-order chi connectivity index (χ1) is 16.8. The van der Waals surface area contributed by atoms with Gasteiger partial charge in [0.25, 0.3) is 0 Å². The van der Waals surface area contributed by atoms with Crippen LogP contribution in [0, 0.1) is 0 Å². The van der Waals surface area contributed by atoms with Crippen LogP contribution in [0.2, 0.25) is 0 Å². The molecule has 0 unspecified atom stereocenters. The molecule has 3 rings (SSSR count). The number of aliphatic hydroxyl groups is 1. The van der Waals surface area contributed by atoms with Crippen molar-refractivity contribution >= 4 is 17.6 Å². The summed E-state index contributed by atoms with van der Waals surface area (Å²) in [6.45, 7) is 1.10. The lowest BCUT2D eigenvalue weighted by atomic mass is 10.0. The van der Waals surface area contributed by atoms with Crippen molar-refractivity contribution in [1.29, 1.82) is 0 Å². The fraction of sp³-hybridized carbons (Fsp3) is 0.367. The molecule has 0 aromatic heterocycles. The summed E-state index contributed by atoms with van der Waals surface area (Å²) in [6.07, 6.45) is 21.0. The molecule has 0 radical (unpaired) electrons. The number of nitrogens with one attached hydrogen (secondary N) is 2. The van der Waals surface area contributed by atoms with Crippen LogP contribution in [0.1, 0.15) is 57.8 Å². The minimum atomic E-state index is 0.328. The second-order valence-corrected chi connectivity index (χ2v) is 8.68. The number of hydrogen-bond acceptors (Lipinski definition) is 3. The Kier molecular flexibility index (Phi) is 11.8. The third-order valence-corrected chi connectivity index (χ3v) is 5.84. The first-order valence-corrected chi connectivity index (χ1v) is 12.7. The zero-order valence-electron chi connectivity index (χ0n) is 20.2. The fourth-order valence-corrected chi connectivity index (χ4v) is 3.78. The summed E-state index contributed by atoms with van der Waals surface area (Å²) in [6, 6.07) is 18.4. The van der Waals surface area contributed by atoms with Crippen molar-refractivity contribution in [3.05, 3.63) is 90.2 Å². The first-order valence-electron chi connectivity index (χ1n) is 12.7. The van der Waals surface area contributed by atoms with Crippen LogP contribution in [0.25, 0.3) is 0 Å². The molecule has 0 bridgehead atoms. The molecule has 0 heterocycles. The molecule has 1 aliphatic rings. The zero-order chi connectivity index (χ0) is 23.7. The highest BCUT2D eigenvalue weighted by Gasteiger charge is 2.02. The van der Waals surface area contributed by atoms with E-state index in [9.17, 15) is 0 Å². The van der Waals surface area contributed by atoms with Gasteiger partial charge in [-0.15, -0.1) is 0 Å². The molecule has 0 aliphatic heterocycles. The SMILES string of the molecule is OCCCCCCCCCCOc1ccc(NC=C2C=CC(C=[NH+]c3ccccc3)=CC2)cc1. The third kappa shape index (κ3) is 10.2. The van der Waals surface area contributed by atoms with Crippen molar-refractivity contribution in [2.45, 2.75) is 57.8 Å². The van der Waals surface area contributed by atoms with Crippen molar-refractivity contribution in [2.24, 2.45) is 0 Å². The highest BCUT2D eigenvalue weighted by molar-refractivity contribution is 5.79. The molecular weight excluding hydrogens is 420 g/mol. The van der Waals surface area contributed by atoms with E-state index in [1.54, 1.807) is 0 Å². The quantitative estimate of drug-likeness (QED) is 0.232. The lowest BCUT2D eigenvalue weighted by Gasteiger charge is -2.09. The van der Waals surface area contributed by atoms with E-state index in [1.165, 1.54) is 43.3 Å². The van der Waals surface area contributed by atoms with Gasteiger partial charge in [0.1, 0.15) is 5.75 Å². The average molecular weight is 460 g/mol. The lowest BCUT2D eigenvalue weighted by molar-refractivity contribution is -0.346. The highest BCUT2D eigenvalue weighted by atomic mass is 16.5. The Hall–Kier alpha value is -3.11. The molecule has 4 nitrogen and oxygen atoms in total. The predicted molar refractivity (Wildman–Crippen MR) is 143 cm³/mol. The normalized spacial score (nSPS) is 14.5. The van der Waals surface area contributed by atoms with Gasteiger partial charge in [-0.1, -0.05) is 68.9 Å². The molecule has 0 atom stereocenters. The van der Waals surface area contributed by atoms with Crippen LogP contribution in [0.5, 0.6) is 5.75 Å². The summed E-state index contributed by atoms with van der Waals surface area (Å²) in [5.41, 5.74) is 4.57. The Bertz CT molecular complexity index is 944. The topological polar surface area (TPSA) is 55.5 Å². The molecule has 1 aliphatic carbocycles. The number of anilines is 1. The van der Waals surface area contributed by atoms with Crippen LogP contribution >= 0.6 is 0 Å². The summed E-state index contributed by atoms with van der Waals surface area (Å²) in [5.74, 6) is 0.925. The molecule has 0 fully saturated rings. The number of para-hydroxylation sites is 1. The van der Waals surface area contributed by atoms with Gasteiger partial charge in [0.2, 0.25) is 5.69 Å². The number of hydrogen-bond donors (Lipinski definition) is 3. The van der Waals surface area contributed by atoms with Gasteiger partial charge in [0, 0.05) is 36.2 Å². The summed E-state index contributed by atoms with van der Waals surface area (Å²) >= 11 is 0. The average Bonchev–Trinajstić information content (AvgIpc) is 2.89. The maximum Gasteiger partial charge on any atom is 0.203 e. The molecule has 34 heavy (non-hydrogen) atoms. The summed E-state index contributed by atoms with van der Waals surface area (Å²) in [4.78, 5) is 3.33. The lowest BCUT2D eigenvalue weighted by Crippen LogP contribution is -2.61. The van der Waals surface area contributed by atoms with Crippen LogP contribution in [0.4, 0.5) is 11.4 Å². The number of benzene rings is 2. The van der Waals surface area contributed by atoms with Gasteiger partial charge in [-0.3, -0.25) is 0 Å². The Morgan fingerprint density at radius 2 is 1.53 bits per heavy atom. The van der Waals surface area contributed by atoms with Crippen LogP contribution < -0.4 is 15.0 Å². The molecule has 4 heteroatoms. The van der Waals surface area contributed by atoms with E-state index < -0.39 is 0 Å². The Balaban J connectivity index is 1.29. The number of allylic oxidation sites excluding steroid dienone is 5. The van der Waals surface area contributed by atoms with E-state index in [0.29, 0.717) is 6.61 Å². The van der Waals surface area contributed by atoms with Crippen molar-refractivity contribution in [3.8, 4) is 5.75 Å². The number of aliphatic hydroxyl groups excluding tert-OH is 1. The van der Waals surface area contributed by atoms with Gasteiger partial charge < -0.3 is 15.2 Å². The van der Waals surface area contributed by atoms with Gasteiger partial charge in [-0.25, -0.2) is 4.99 Å². The van der Waals surface area contributed by atoms with Crippen molar-refractivity contribution in [3.63, 3.8) is 0 Å². The monoisotopic (exact) mass is 459 g/mol. The van der Waals surface area contributed by atoms with Gasteiger partial charge in [-0.05, 0) is 55.2 Å². The second-order valence-electron chi connectivity index (χ2n) is 8.68. The van der Waals surface area contributed by atoms with Gasteiger partial charge in [0.15, 0.2) is 6.21 Å². The molecule has 0 spiro atoms. The molecule has 0 amide bonds. The first kappa shape index (κ1) is 25.5. The maximum atomic E-state index is 8.78. The Morgan fingerprint density at radius 1 is 0.824 bits per heavy atom. The summed E-state index contributed by atoms with van der Waals surface area (Å²) < 4.78 is 5.88. The van der Waals surface area contributed by atoms with E-state index in [0.717, 1.165) is 49.4 Å². The second kappa shape index (κ2) is 15.7. The number of unbranched alkanes of at least 4 members (excludes halogenated alkanes) is 7. The van der Waals surface area contributed by atoms with Crippen molar-refractivity contribution < 1.29 is 14.8 Å². The zero-order valence-corrected chi connectivity index (χ0v) is 20.2. The predicted octanol–water partition coefficient (Wildman–Crippen LogP) is 5.84. The van der Waals surface area contributed by atoms with Crippen LogP contribution in [0.3, 0.4) is 0 Å². The highest BCUT2D eigenvalue weighted by Crippen LogP contribution is 2.19. The Labute approximate surface area is 204 Å².